The van der Waals surface area contributed by atoms with Gasteiger partial charge in [-0.05, 0) is 29.8 Å². The summed E-state index contributed by atoms with van der Waals surface area (Å²) in [5.41, 5.74) is 0.287. The molecule has 7 heteroatoms. The van der Waals surface area contributed by atoms with Crippen LogP contribution >= 0.6 is 15.9 Å². The molecule has 0 aliphatic heterocycles. The fourth-order valence-corrected chi connectivity index (χ4v) is 1.58. The van der Waals surface area contributed by atoms with Gasteiger partial charge in [0, 0.05) is 12.2 Å². The molecule has 0 amide bonds. The highest BCUT2D eigenvalue weighted by Gasteiger charge is 2.27. The van der Waals surface area contributed by atoms with Crippen LogP contribution in [0.2, 0.25) is 0 Å². The number of aryl methyl sites for hydroxylation is 1. The van der Waals surface area contributed by atoms with E-state index in [1.165, 1.54) is 0 Å². The highest BCUT2D eigenvalue weighted by atomic mass is 79.9. The van der Waals surface area contributed by atoms with E-state index in [1.807, 2.05) is 0 Å². The molecule has 0 N–H and O–H groups in total. The van der Waals surface area contributed by atoms with E-state index in [4.69, 9.17) is 0 Å². The number of rotatable bonds is 2. The third kappa shape index (κ3) is 3.07. The molecule has 0 aliphatic carbocycles. The van der Waals surface area contributed by atoms with Gasteiger partial charge in [0.15, 0.2) is 0 Å². The zero-order chi connectivity index (χ0) is 12.5. The lowest BCUT2D eigenvalue weighted by atomic mass is 10.3. The number of aromatic nitrogens is 2. The molecule has 0 aliphatic rings. The minimum atomic E-state index is -4.27. The first-order valence-electron chi connectivity index (χ1n) is 4.52. The van der Waals surface area contributed by atoms with Crippen molar-refractivity contribution in [2.75, 3.05) is 0 Å². The van der Waals surface area contributed by atoms with Crippen LogP contribution in [0.3, 0.4) is 0 Å². The summed E-state index contributed by atoms with van der Waals surface area (Å²) in [5.74, 6) is 0. The molecule has 0 unspecified atom stereocenters. The van der Waals surface area contributed by atoms with E-state index in [0.29, 0.717) is 15.9 Å². The summed E-state index contributed by atoms with van der Waals surface area (Å²) in [6.45, 7) is 2.79. The van der Waals surface area contributed by atoms with Crippen molar-refractivity contribution in [3.05, 3.63) is 26.3 Å². The van der Waals surface area contributed by atoms with Gasteiger partial charge < -0.3 is 0 Å². The van der Waals surface area contributed by atoms with Crippen LogP contribution in [0.1, 0.15) is 17.8 Å². The lowest BCUT2D eigenvalue weighted by Gasteiger charge is -2.13. The minimum Gasteiger partial charge on any atom is -0.295 e. The van der Waals surface area contributed by atoms with Crippen LogP contribution in [-0.4, -0.2) is 15.7 Å². The van der Waals surface area contributed by atoms with E-state index in [1.54, 1.807) is 13.8 Å². The van der Waals surface area contributed by atoms with Crippen LogP contribution in [0, 0.1) is 13.8 Å². The zero-order valence-corrected chi connectivity index (χ0v) is 10.3. The van der Waals surface area contributed by atoms with Gasteiger partial charge in [-0.3, -0.25) is 4.57 Å². The highest BCUT2D eigenvalue weighted by Crippen LogP contribution is 2.22. The van der Waals surface area contributed by atoms with Crippen molar-refractivity contribution in [3.63, 3.8) is 0 Å². The molecular weight excluding hydrogens is 289 g/mol. The normalized spacial score (nSPS) is 11.9. The Balaban J connectivity index is 3.06. The fraction of sp³-hybridized carbons (Fsp3) is 0.556. The van der Waals surface area contributed by atoms with E-state index in [2.05, 4.69) is 20.9 Å². The Kier molecular flexibility index (Phi) is 3.77. The van der Waals surface area contributed by atoms with Gasteiger partial charge in [0.25, 0.3) is 0 Å². The van der Waals surface area contributed by atoms with Crippen molar-refractivity contribution in [1.82, 2.24) is 9.55 Å². The van der Waals surface area contributed by atoms with E-state index in [0.717, 1.165) is 4.57 Å². The molecule has 0 saturated heterocycles. The number of hydrogen-bond acceptors (Lipinski definition) is 2. The first-order valence-corrected chi connectivity index (χ1v) is 5.32. The monoisotopic (exact) mass is 298 g/mol. The molecule has 0 radical (unpaired) electrons. The lowest BCUT2D eigenvalue weighted by Crippen LogP contribution is -2.28. The second-order valence-corrected chi connectivity index (χ2v) is 4.19. The smallest absolute Gasteiger partial charge is 0.295 e. The molecule has 1 aromatic rings. The maximum atomic E-state index is 12.0. The Bertz CT molecular complexity index is 453. The molecule has 0 aromatic carbocycles. The number of halogens is 4. The molecule has 0 saturated carbocycles. The van der Waals surface area contributed by atoms with Gasteiger partial charge in [-0.1, -0.05) is 0 Å². The van der Waals surface area contributed by atoms with Gasteiger partial charge >= 0.3 is 11.9 Å². The van der Waals surface area contributed by atoms with Gasteiger partial charge in [-0.2, -0.15) is 18.2 Å². The molecule has 3 nitrogen and oxygen atoms in total. The van der Waals surface area contributed by atoms with Crippen molar-refractivity contribution >= 4 is 15.9 Å². The fourth-order valence-electron chi connectivity index (χ4n) is 1.28. The van der Waals surface area contributed by atoms with Gasteiger partial charge in [0.2, 0.25) is 0 Å². The summed E-state index contributed by atoms with van der Waals surface area (Å²) in [5, 5.41) is 0. The lowest BCUT2D eigenvalue weighted by molar-refractivity contribution is -0.136. The van der Waals surface area contributed by atoms with Gasteiger partial charge in [0.1, 0.15) is 0 Å². The average molecular weight is 299 g/mol. The van der Waals surface area contributed by atoms with E-state index < -0.39 is 24.8 Å². The molecular formula is C9H10BrF3N2O. The van der Waals surface area contributed by atoms with Crippen LogP contribution in [-0.2, 0) is 6.54 Å². The van der Waals surface area contributed by atoms with Crippen LogP contribution in [0.5, 0.6) is 0 Å². The van der Waals surface area contributed by atoms with Crippen LogP contribution < -0.4 is 5.69 Å². The summed E-state index contributed by atoms with van der Waals surface area (Å²) >= 11 is 3.18. The molecule has 16 heavy (non-hydrogen) atoms. The van der Waals surface area contributed by atoms with Crippen LogP contribution in [0.15, 0.2) is 9.27 Å². The number of alkyl halides is 3. The van der Waals surface area contributed by atoms with Gasteiger partial charge in [-0.25, -0.2) is 4.79 Å². The number of hydrogen-bond donors (Lipinski definition) is 0. The molecule has 0 fully saturated rings. The van der Waals surface area contributed by atoms with Crippen molar-refractivity contribution < 1.29 is 13.2 Å². The molecule has 0 spiro atoms. The first kappa shape index (κ1) is 13.2. The Labute approximate surface area is 98.4 Å². The Hall–Kier alpha value is -0.850. The molecule has 0 atom stereocenters. The topological polar surface area (TPSA) is 34.9 Å². The molecule has 90 valence electrons. The SMILES string of the molecule is Cc1nc(=O)n(CCC(F)(F)F)c(C)c1Br. The molecule has 1 rings (SSSR count). The van der Waals surface area contributed by atoms with Crippen LogP contribution in [0.25, 0.3) is 0 Å². The Morgan fingerprint density at radius 2 is 1.94 bits per heavy atom. The van der Waals surface area contributed by atoms with E-state index >= 15 is 0 Å². The maximum Gasteiger partial charge on any atom is 0.390 e. The van der Waals surface area contributed by atoms with Crippen molar-refractivity contribution in [2.45, 2.75) is 33.0 Å². The van der Waals surface area contributed by atoms with Crippen molar-refractivity contribution in [2.24, 2.45) is 0 Å². The van der Waals surface area contributed by atoms with Gasteiger partial charge in [-0.15, -0.1) is 0 Å². The second-order valence-electron chi connectivity index (χ2n) is 3.40. The van der Waals surface area contributed by atoms with Crippen molar-refractivity contribution in [3.8, 4) is 0 Å². The molecule has 0 bridgehead atoms. The third-order valence-corrected chi connectivity index (χ3v) is 3.30. The quantitative estimate of drug-likeness (QED) is 0.841. The summed E-state index contributed by atoms with van der Waals surface area (Å²) < 4.78 is 37.7. The second kappa shape index (κ2) is 4.57. The van der Waals surface area contributed by atoms with E-state index in [9.17, 15) is 18.0 Å². The largest absolute Gasteiger partial charge is 0.390 e. The van der Waals surface area contributed by atoms with Crippen LogP contribution in [0.4, 0.5) is 13.2 Å². The molecule has 1 aromatic heterocycles. The summed E-state index contributed by atoms with van der Waals surface area (Å²) in [6, 6.07) is 0. The Morgan fingerprint density at radius 1 is 1.38 bits per heavy atom. The molecule has 1 heterocycles. The van der Waals surface area contributed by atoms with Gasteiger partial charge in [0.05, 0.1) is 16.6 Å². The average Bonchev–Trinajstić information content (AvgIpc) is 2.12. The summed E-state index contributed by atoms with van der Waals surface area (Å²) in [7, 11) is 0. The first-order chi connectivity index (χ1) is 7.22. The standard InChI is InChI=1S/C9H10BrF3N2O/c1-5-7(10)6(2)15(8(16)14-5)4-3-9(11,12)13/h3-4H2,1-2H3. The predicted molar refractivity (Wildman–Crippen MR) is 56.3 cm³/mol. The highest BCUT2D eigenvalue weighted by molar-refractivity contribution is 9.10. The Morgan fingerprint density at radius 3 is 2.44 bits per heavy atom. The predicted octanol–water partition coefficient (Wildman–Crippen LogP) is 2.58. The minimum absolute atomic E-state index is 0.403. The summed E-state index contributed by atoms with van der Waals surface area (Å²) in [6.07, 6.45) is -5.31. The maximum absolute atomic E-state index is 12.0. The summed E-state index contributed by atoms with van der Waals surface area (Å²) in [4.78, 5) is 15.0. The zero-order valence-electron chi connectivity index (χ0n) is 8.73. The van der Waals surface area contributed by atoms with Crippen molar-refractivity contribution in [1.29, 1.82) is 0 Å². The van der Waals surface area contributed by atoms with E-state index in [-0.39, 0.29) is 0 Å². The third-order valence-electron chi connectivity index (χ3n) is 2.15. The number of nitrogens with zero attached hydrogens (tertiary/aromatic N) is 2.